The van der Waals surface area contributed by atoms with Gasteiger partial charge in [0, 0.05) is 18.3 Å². The van der Waals surface area contributed by atoms with E-state index < -0.39 is 0 Å². The number of pyridine rings is 2. The molecule has 1 aliphatic rings. The van der Waals surface area contributed by atoms with Crippen molar-refractivity contribution in [2.75, 3.05) is 0 Å². The van der Waals surface area contributed by atoms with Gasteiger partial charge in [-0.25, -0.2) is 0 Å². The molecule has 0 atom stereocenters. The Labute approximate surface area is 120 Å². The molecular weight excluding hydrogens is 270 g/mol. The fraction of sp³-hybridized carbons (Fsp3) is 0.400. The van der Waals surface area contributed by atoms with Gasteiger partial charge in [0.1, 0.15) is 11.2 Å². The molecule has 1 fully saturated rings. The third-order valence-corrected chi connectivity index (χ3v) is 3.95. The second-order valence-electron chi connectivity index (χ2n) is 5.45. The number of aromatic amines is 2. The molecule has 2 heterocycles. The monoisotopic (exact) mass is 287 g/mol. The minimum absolute atomic E-state index is 0.0834. The van der Waals surface area contributed by atoms with Gasteiger partial charge in [-0.3, -0.25) is 14.4 Å². The second kappa shape index (κ2) is 5.55. The van der Waals surface area contributed by atoms with Gasteiger partial charge in [0.05, 0.1) is 5.39 Å². The van der Waals surface area contributed by atoms with Crippen molar-refractivity contribution in [1.29, 1.82) is 0 Å². The summed E-state index contributed by atoms with van der Waals surface area (Å²) < 4.78 is 0. The highest BCUT2D eigenvalue weighted by molar-refractivity contribution is 5.96. The summed E-state index contributed by atoms with van der Waals surface area (Å²) in [7, 11) is 0. The molecule has 2 aromatic rings. The molecule has 1 aliphatic carbocycles. The predicted molar refractivity (Wildman–Crippen MR) is 79.5 cm³/mol. The van der Waals surface area contributed by atoms with Crippen LogP contribution in [0.3, 0.4) is 0 Å². The third kappa shape index (κ3) is 2.74. The van der Waals surface area contributed by atoms with Gasteiger partial charge in [-0.15, -0.1) is 0 Å². The summed E-state index contributed by atoms with van der Waals surface area (Å²) >= 11 is 0. The summed E-state index contributed by atoms with van der Waals surface area (Å²) in [6, 6.07) is 2.86. The smallest absolute Gasteiger partial charge is 0.256 e. The average molecular weight is 287 g/mol. The van der Waals surface area contributed by atoms with Crippen molar-refractivity contribution in [3.8, 4) is 0 Å². The summed E-state index contributed by atoms with van der Waals surface area (Å²) in [5.74, 6) is -0.351. The van der Waals surface area contributed by atoms with E-state index in [0.717, 1.165) is 25.7 Å². The van der Waals surface area contributed by atoms with Gasteiger partial charge in [0.15, 0.2) is 0 Å². The molecule has 2 aromatic heterocycles. The van der Waals surface area contributed by atoms with Gasteiger partial charge in [-0.1, -0.05) is 19.3 Å². The van der Waals surface area contributed by atoms with Crippen LogP contribution in [0, 0.1) is 0 Å². The van der Waals surface area contributed by atoms with E-state index in [1.54, 1.807) is 0 Å². The molecule has 6 nitrogen and oxygen atoms in total. The number of H-pyrrole nitrogens is 2. The van der Waals surface area contributed by atoms with Crippen LogP contribution in [0.4, 0.5) is 0 Å². The molecule has 3 N–H and O–H groups in total. The van der Waals surface area contributed by atoms with E-state index in [0.29, 0.717) is 11.0 Å². The third-order valence-electron chi connectivity index (χ3n) is 3.95. The van der Waals surface area contributed by atoms with Gasteiger partial charge < -0.3 is 15.3 Å². The molecule has 0 spiro atoms. The molecule has 1 saturated carbocycles. The molecule has 0 aromatic carbocycles. The molecule has 110 valence electrons. The van der Waals surface area contributed by atoms with E-state index in [-0.39, 0.29) is 28.5 Å². The van der Waals surface area contributed by atoms with Gasteiger partial charge in [-0.05, 0) is 18.9 Å². The summed E-state index contributed by atoms with van der Waals surface area (Å²) in [6.45, 7) is 0. The van der Waals surface area contributed by atoms with Crippen molar-refractivity contribution >= 4 is 16.9 Å². The summed E-state index contributed by atoms with van der Waals surface area (Å²) in [6.07, 6.45) is 6.71. The van der Waals surface area contributed by atoms with Gasteiger partial charge >= 0.3 is 0 Å². The first-order valence-electron chi connectivity index (χ1n) is 7.21. The van der Waals surface area contributed by atoms with Crippen molar-refractivity contribution < 1.29 is 4.79 Å². The van der Waals surface area contributed by atoms with Crippen LogP contribution >= 0.6 is 0 Å². The molecular formula is C15H17N3O3. The summed E-state index contributed by atoms with van der Waals surface area (Å²) in [5.41, 5.74) is -0.243. The van der Waals surface area contributed by atoms with Crippen molar-refractivity contribution in [3.63, 3.8) is 0 Å². The number of carbonyl (C=O) groups is 1. The zero-order valence-electron chi connectivity index (χ0n) is 11.6. The Balaban J connectivity index is 1.91. The minimum Gasteiger partial charge on any atom is -0.349 e. The van der Waals surface area contributed by atoms with Crippen LogP contribution < -0.4 is 16.3 Å². The maximum Gasteiger partial charge on any atom is 0.256 e. The van der Waals surface area contributed by atoms with Crippen LogP contribution in [-0.2, 0) is 0 Å². The summed E-state index contributed by atoms with van der Waals surface area (Å²) in [4.78, 5) is 41.1. The Morgan fingerprint density at radius 2 is 1.90 bits per heavy atom. The van der Waals surface area contributed by atoms with E-state index in [9.17, 15) is 14.4 Å². The SMILES string of the molecule is O=C(NC1CCCCC1)c1c[nH]c2[nH]c(=O)ccc2c1=O. The molecule has 0 unspecified atom stereocenters. The van der Waals surface area contributed by atoms with Crippen molar-refractivity contribution in [1.82, 2.24) is 15.3 Å². The highest BCUT2D eigenvalue weighted by atomic mass is 16.2. The molecule has 3 rings (SSSR count). The molecule has 0 saturated heterocycles. The average Bonchev–Trinajstić information content (AvgIpc) is 2.48. The Morgan fingerprint density at radius 1 is 1.14 bits per heavy atom. The fourth-order valence-electron chi connectivity index (χ4n) is 2.81. The summed E-state index contributed by atoms with van der Waals surface area (Å²) in [5, 5.41) is 3.23. The maximum absolute atomic E-state index is 12.3. The molecule has 6 heteroatoms. The molecule has 21 heavy (non-hydrogen) atoms. The first kappa shape index (κ1) is 13.6. The number of aromatic nitrogens is 2. The van der Waals surface area contributed by atoms with Crippen molar-refractivity contribution in [3.05, 3.63) is 44.5 Å². The van der Waals surface area contributed by atoms with Crippen LogP contribution in [-0.4, -0.2) is 21.9 Å². The highest BCUT2D eigenvalue weighted by Gasteiger charge is 2.19. The number of hydrogen-bond acceptors (Lipinski definition) is 3. The standard InChI is InChI=1S/C15H17N3O3/c19-12-7-6-10-13(20)11(8-16-14(10)18-12)15(21)17-9-4-2-1-3-5-9/h6-9H,1-5H2,(H,17,21)(H2,16,18,19,20). The van der Waals surface area contributed by atoms with Gasteiger partial charge in [0.2, 0.25) is 11.0 Å². The Bertz CT molecular complexity index is 785. The number of hydrogen-bond donors (Lipinski definition) is 3. The first-order valence-corrected chi connectivity index (χ1v) is 7.21. The first-order chi connectivity index (χ1) is 10.1. The van der Waals surface area contributed by atoms with E-state index >= 15 is 0 Å². The van der Waals surface area contributed by atoms with Crippen molar-refractivity contribution in [2.45, 2.75) is 38.1 Å². The molecule has 0 aliphatic heterocycles. The Morgan fingerprint density at radius 3 is 2.67 bits per heavy atom. The zero-order valence-corrected chi connectivity index (χ0v) is 11.6. The highest BCUT2D eigenvalue weighted by Crippen LogP contribution is 2.17. The fourth-order valence-corrected chi connectivity index (χ4v) is 2.81. The van der Waals surface area contributed by atoms with E-state index in [1.807, 2.05) is 0 Å². The lowest BCUT2D eigenvalue weighted by molar-refractivity contribution is 0.0926. The molecule has 0 bridgehead atoms. The lowest BCUT2D eigenvalue weighted by Crippen LogP contribution is -2.38. The van der Waals surface area contributed by atoms with E-state index in [1.165, 1.54) is 24.8 Å². The molecule has 0 radical (unpaired) electrons. The van der Waals surface area contributed by atoms with E-state index in [2.05, 4.69) is 15.3 Å². The molecule has 1 amide bonds. The van der Waals surface area contributed by atoms with Crippen molar-refractivity contribution in [2.24, 2.45) is 0 Å². The largest absolute Gasteiger partial charge is 0.349 e. The van der Waals surface area contributed by atoms with Crippen LogP contribution in [0.2, 0.25) is 0 Å². The van der Waals surface area contributed by atoms with E-state index in [4.69, 9.17) is 0 Å². The lowest BCUT2D eigenvalue weighted by Gasteiger charge is -2.22. The number of amides is 1. The zero-order chi connectivity index (χ0) is 14.8. The number of carbonyl (C=O) groups excluding carboxylic acids is 1. The predicted octanol–water partition coefficient (Wildman–Crippen LogP) is 1.28. The van der Waals surface area contributed by atoms with Gasteiger partial charge in [0.25, 0.3) is 5.91 Å². The number of fused-ring (bicyclic) bond motifs is 1. The Hall–Kier alpha value is -2.37. The van der Waals surface area contributed by atoms with Crippen LogP contribution in [0.25, 0.3) is 11.0 Å². The second-order valence-corrected chi connectivity index (χ2v) is 5.45. The Kier molecular flexibility index (Phi) is 3.60. The van der Waals surface area contributed by atoms with Crippen LogP contribution in [0.5, 0.6) is 0 Å². The van der Waals surface area contributed by atoms with Crippen LogP contribution in [0.15, 0.2) is 27.9 Å². The topological polar surface area (TPSA) is 94.8 Å². The number of nitrogens with one attached hydrogen (secondary N) is 3. The minimum atomic E-state index is -0.367. The maximum atomic E-state index is 12.3. The van der Waals surface area contributed by atoms with Gasteiger partial charge in [-0.2, -0.15) is 0 Å². The van der Waals surface area contributed by atoms with Crippen LogP contribution in [0.1, 0.15) is 42.5 Å². The number of rotatable bonds is 2. The quantitative estimate of drug-likeness (QED) is 0.776. The lowest BCUT2D eigenvalue weighted by atomic mass is 9.95. The normalized spacial score (nSPS) is 16.0.